The van der Waals surface area contributed by atoms with Crippen LogP contribution in [-0.2, 0) is 40.8 Å². The Morgan fingerprint density at radius 2 is 0.929 bits per heavy atom. The Balaban J connectivity index is -0.00000241. The molecule has 7 N–H and O–H groups in total. The van der Waals surface area contributed by atoms with Crippen molar-refractivity contribution in [3.8, 4) is 0 Å². The van der Waals surface area contributed by atoms with Crippen LogP contribution in [0.2, 0.25) is 0 Å². The summed E-state index contributed by atoms with van der Waals surface area (Å²) in [6, 6.07) is 0. The molecular formula is C25H48Cl2CoN6O8. The molecule has 0 aliphatic rings. The summed E-state index contributed by atoms with van der Waals surface area (Å²) in [4.78, 5) is 58.4. The van der Waals surface area contributed by atoms with Gasteiger partial charge in [0.2, 0.25) is 29.5 Å². The van der Waals surface area contributed by atoms with Gasteiger partial charge in [-0.05, 0) is 57.9 Å². The number of amides is 5. The van der Waals surface area contributed by atoms with E-state index in [1.165, 1.54) is 6.92 Å². The van der Waals surface area contributed by atoms with Gasteiger partial charge in [0.1, 0.15) is 0 Å². The van der Waals surface area contributed by atoms with Crippen molar-refractivity contribution in [2.24, 2.45) is 5.73 Å². The number of rotatable bonds is 23. The van der Waals surface area contributed by atoms with Gasteiger partial charge in [-0.1, -0.05) is 6.42 Å². The SMILES string of the molecule is CC(=O)N(O)CCCCCNC(=O)CCC(=O)N(O)CCCCCNC(=O)CCC(=O)N(O)CCCCCN.[Cl-].[Cl-].[Co+2]. The van der Waals surface area contributed by atoms with Crippen molar-refractivity contribution in [2.75, 3.05) is 39.3 Å². The Morgan fingerprint density at radius 1 is 0.571 bits per heavy atom. The Labute approximate surface area is 271 Å². The minimum Gasteiger partial charge on any atom is -1.00 e. The number of hydrogen-bond acceptors (Lipinski definition) is 9. The monoisotopic (exact) mass is 689 g/mol. The second-order valence-electron chi connectivity index (χ2n) is 9.35. The Hall–Kier alpha value is -1.72. The predicted molar refractivity (Wildman–Crippen MR) is 141 cm³/mol. The van der Waals surface area contributed by atoms with Crippen molar-refractivity contribution in [1.29, 1.82) is 0 Å². The largest absolute Gasteiger partial charge is 2.00 e. The summed E-state index contributed by atoms with van der Waals surface area (Å²) < 4.78 is 0. The van der Waals surface area contributed by atoms with Gasteiger partial charge in [0.15, 0.2) is 0 Å². The average Bonchev–Trinajstić information content (AvgIpc) is 2.91. The molecule has 42 heavy (non-hydrogen) atoms. The molecule has 0 saturated carbocycles. The minimum atomic E-state index is -0.548. The van der Waals surface area contributed by atoms with Gasteiger partial charge in [-0.2, -0.15) is 0 Å². The molecule has 1 radical (unpaired) electrons. The van der Waals surface area contributed by atoms with Gasteiger partial charge in [0.05, 0.1) is 0 Å². The van der Waals surface area contributed by atoms with E-state index in [1.54, 1.807) is 0 Å². The Kier molecular flexibility index (Phi) is 34.5. The number of nitrogens with two attached hydrogens (primary N) is 1. The number of carbonyl (C=O) groups excluding carboxylic acids is 5. The third-order valence-corrected chi connectivity index (χ3v) is 5.88. The third-order valence-electron chi connectivity index (χ3n) is 5.88. The summed E-state index contributed by atoms with van der Waals surface area (Å²) in [5, 5.41) is 36.1. The van der Waals surface area contributed by atoms with Gasteiger partial charge in [0, 0.05) is 65.3 Å². The van der Waals surface area contributed by atoms with Gasteiger partial charge in [0.25, 0.3) is 0 Å². The van der Waals surface area contributed by atoms with Crippen LogP contribution in [0.4, 0.5) is 0 Å². The zero-order chi connectivity index (χ0) is 29.5. The van der Waals surface area contributed by atoms with Crippen molar-refractivity contribution in [3.63, 3.8) is 0 Å². The summed E-state index contributed by atoms with van der Waals surface area (Å²) in [6.07, 6.45) is 5.84. The van der Waals surface area contributed by atoms with Gasteiger partial charge >= 0.3 is 16.8 Å². The predicted octanol–water partition coefficient (Wildman–Crippen LogP) is -5.07. The second kappa shape index (κ2) is 30.7. The van der Waals surface area contributed by atoms with Crippen LogP contribution in [0.1, 0.15) is 90.4 Å². The van der Waals surface area contributed by atoms with Crippen LogP contribution in [0, 0.1) is 0 Å². The van der Waals surface area contributed by atoms with Gasteiger partial charge in [-0.15, -0.1) is 0 Å². The first kappa shape index (κ1) is 47.2. The molecule has 0 aliphatic heterocycles. The Morgan fingerprint density at radius 3 is 1.29 bits per heavy atom. The summed E-state index contributed by atoms with van der Waals surface area (Å²) in [5.41, 5.74) is 5.39. The van der Waals surface area contributed by atoms with Gasteiger partial charge < -0.3 is 41.2 Å². The fourth-order valence-electron chi connectivity index (χ4n) is 3.45. The molecule has 0 bridgehead atoms. The molecule has 0 aromatic heterocycles. The molecule has 249 valence electrons. The molecule has 0 unspecified atom stereocenters. The number of halogens is 2. The van der Waals surface area contributed by atoms with E-state index >= 15 is 0 Å². The topological polar surface area (TPSA) is 206 Å². The molecule has 0 spiro atoms. The van der Waals surface area contributed by atoms with Crippen molar-refractivity contribution < 1.29 is 81.2 Å². The van der Waals surface area contributed by atoms with E-state index in [0.717, 1.165) is 19.3 Å². The first-order chi connectivity index (χ1) is 18.6. The molecule has 17 heteroatoms. The van der Waals surface area contributed by atoms with Crippen LogP contribution >= 0.6 is 0 Å². The summed E-state index contributed by atoms with van der Waals surface area (Å²) in [5.74, 6) is -2.05. The molecule has 0 saturated heterocycles. The van der Waals surface area contributed by atoms with Crippen molar-refractivity contribution in [2.45, 2.75) is 90.4 Å². The summed E-state index contributed by atoms with van der Waals surface area (Å²) in [7, 11) is 0. The van der Waals surface area contributed by atoms with Gasteiger partial charge in [-0.3, -0.25) is 39.6 Å². The van der Waals surface area contributed by atoms with Crippen LogP contribution in [0.15, 0.2) is 0 Å². The molecule has 5 amide bonds. The minimum absolute atomic E-state index is 0. The number of carbonyl (C=O) groups is 5. The normalized spacial score (nSPS) is 9.83. The molecule has 0 rings (SSSR count). The number of hydroxylamine groups is 6. The Bertz CT molecular complexity index is 758. The maximum Gasteiger partial charge on any atom is 2.00 e. The molecule has 0 heterocycles. The van der Waals surface area contributed by atoms with Crippen molar-refractivity contribution in [3.05, 3.63) is 0 Å². The van der Waals surface area contributed by atoms with E-state index in [4.69, 9.17) is 5.73 Å². The smallest absolute Gasteiger partial charge is 1.00 e. The fourth-order valence-corrected chi connectivity index (χ4v) is 3.45. The zero-order valence-corrected chi connectivity index (χ0v) is 26.9. The first-order valence-electron chi connectivity index (χ1n) is 13.8. The summed E-state index contributed by atoms with van der Waals surface area (Å²) >= 11 is 0. The molecule has 0 atom stereocenters. The average molecular weight is 691 g/mol. The third kappa shape index (κ3) is 27.1. The summed E-state index contributed by atoms with van der Waals surface area (Å²) in [6.45, 7) is 3.22. The number of nitrogens with zero attached hydrogens (tertiary/aromatic N) is 3. The van der Waals surface area contributed by atoms with E-state index in [1.807, 2.05) is 0 Å². The maximum atomic E-state index is 12.0. The fraction of sp³-hybridized carbons (Fsp3) is 0.800. The van der Waals surface area contributed by atoms with Crippen LogP contribution in [0.25, 0.3) is 0 Å². The molecule has 0 aliphatic carbocycles. The van der Waals surface area contributed by atoms with Crippen molar-refractivity contribution in [1.82, 2.24) is 25.8 Å². The quantitative estimate of drug-likeness (QED) is 0.0344. The molecule has 0 aromatic rings. The van der Waals surface area contributed by atoms with E-state index in [2.05, 4.69) is 10.6 Å². The number of hydrogen-bond donors (Lipinski definition) is 6. The van der Waals surface area contributed by atoms with Crippen LogP contribution < -0.4 is 41.2 Å². The molecule has 0 fully saturated rings. The van der Waals surface area contributed by atoms with E-state index in [0.29, 0.717) is 73.3 Å². The number of unbranched alkanes of at least 4 members (excludes halogenated alkanes) is 6. The van der Waals surface area contributed by atoms with Crippen LogP contribution in [0.3, 0.4) is 0 Å². The standard InChI is InChI=1S/C25H48N6O8.2ClH.Co/c1-21(32)29(37)18-9-3-6-16-27-22(33)12-14-25(36)31(39)20-10-4-7-17-28-23(34)11-13-24(35)30(38)19-8-2-5-15-26;;;/h37-39H,2-20,26H2,1H3,(H,27,33)(H,28,34);2*1H;/q;;;+2/p-2. The van der Waals surface area contributed by atoms with Gasteiger partial charge in [-0.25, -0.2) is 15.2 Å². The van der Waals surface area contributed by atoms with Crippen LogP contribution in [0.5, 0.6) is 0 Å². The second-order valence-corrected chi connectivity index (χ2v) is 9.35. The maximum absolute atomic E-state index is 12.0. The van der Waals surface area contributed by atoms with Crippen LogP contribution in [-0.4, -0.2) is 99.6 Å². The van der Waals surface area contributed by atoms with E-state index in [-0.39, 0.29) is 98.7 Å². The molecule has 14 nitrogen and oxygen atoms in total. The molecular weight excluding hydrogens is 642 g/mol. The van der Waals surface area contributed by atoms with Crippen molar-refractivity contribution >= 4 is 29.5 Å². The zero-order valence-electron chi connectivity index (χ0n) is 24.3. The van der Waals surface area contributed by atoms with E-state index < -0.39 is 17.7 Å². The molecule has 0 aromatic carbocycles. The number of nitrogens with one attached hydrogen (secondary N) is 2. The van der Waals surface area contributed by atoms with E-state index in [9.17, 15) is 39.6 Å². The first-order valence-corrected chi connectivity index (χ1v) is 13.8.